The van der Waals surface area contributed by atoms with Crippen LogP contribution in [0.25, 0.3) is 0 Å². The Balaban J connectivity index is 2.85. The van der Waals surface area contributed by atoms with Crippen LogP contribution in [0.2, 0.25) is 19.6 Å². The van der Waals surface area contributed by atoms with Crippen LogP contribution < -0.4 is 5.19 Å². The van der Waals surface area contributed by atoms with Gasteiger partial charge in [-0.2, -0.15) is 5.10 Å². The smallest absolute Gasteiger partial charge is 0.225 e. The second-order valence-corrected chi connectivity index (χ2v) is 20.0. The van der Waals surface area contributed by atoms with Gasteiger partial charge in [-0.15, -0.1) is 0 Å². The lowest BCUT2D eigenvalue weighted by Crippen LogP contribution is -2.44. The van der Waals surface area contributed by atoms with Gasteiger partial charge in [-0.25, -0.2) is 22.2 Å². The maximum atomic E-state index is 13.9. The van der Waals surface area contributed by atoms with Gasteiger partial charge in [-0.3, -0.25) is 0 Å². The van der Waals surface area contributed by atoms with Crippen LogP contribution in [0.3, 0.4) is 0 Å². The normalized spacial score (nSPS) is 13.6. The molecular formula is C25H45N4O2PSSi. The summed E-state index contributed by atoms with van der Waals surface area (Å²) in [6.45, 7) is 26.2. The maximum absolute atomic E-state index is 13.9. The van der Waals surface area contributed by atoms with Gasteiger partial charge in [0.15, 0.2) is 13.4 Å². The van der Waals surface area contributed by atoms with E-state index in [1.165, 1.54) is 0 Å². The van der Waals surface area contributed by atoms with Gasteiger partial charge in [-0.1, -0.05) is 37.3 Å². The molecule has 0 atom stereocenters. The van der Waals surface area contributed by atoms with E-state index in [0.29, 0.717) is 4.90 Å². The summed E-state index contributed by atoms with van der Waals surface area (Å²) in [5, 5.41) is 6.04. The van der Waals surface area contributed by atoms with Gasteiger partial charge in [0.2, 0.25) is 9.84 Å². The van der Waals surface area contributed by atoms with Gasteiger partial charge >= 0.3 is 0 Å². The lowest BCUT2D eigenvalue weighted by Gasteiger charge is -2.46. The average molecular weight is 525 g/mol. The second-order valence-electron chi connectivity index (χ2n) is 11.2. The molecule has 0 amide bonds. The number of rotatable bonds is 10. The summed E-state index contributed by atoms with van der Waals surface area (Å²) in [7, 11) is -6.84. The molecule has 9 heteroatoms. The zero-order valence-corrected chi connectivity index (χ0v) is 25.9. The summed E-state index contributed by atoms with van der Waals surface area (Å²) >= 11 is 0. The zero-order chi connectivity index (χ0) is 26.2. The number of aromatic nitrogens is 2. The molecular weight excluding hydrogens is 479 g/mol. The van der Waals surface area contributed by atoms with Crippen molar-refractivity contribution in [1.82, 2.24) is 18.9 Å². The van der Waals surface area contributed by atoms with Crippen molar-refractivity contribution in [3.05, 3.63) is 36.0 Å². The van der Waals surface area contributed by atoms with E-state index in [1.807, 2.05) is 23.5 Å². The van der Waals surface area contributed by atoms with Crippen molar-refractivity contribution in [3.8, 4) is 0 Å². The lowest BCUT2D eigenvalue weighted by molar-refractivity contribution is 0.250. The van der Waals surface area contributed by atoms with Crippen LogP contribution in [-0.4, -0.2) is 59.6 Å². The molecule has 0 saturated carbocycles. The zero-order valence-electron chi connectivity index (χ0n) is 23.2. The minimum Gasteiger partial charge on any atom is -0.246 e. The van der Waals surface area contributed by atoms with Crippen molar-refractivity contribution in [3.63, 3.8) is 0 Å². The van der Waals surface area contributed by atoms with Crippen molar-refractivity contribution in [2.75, 3.05) is 0 Å². The van der Waals surface area contributed by atoms with E-state index in [-0.39, 0.29) is 29.2 Å². The molecule has 1 aromatic heterocycles. The number of benzene rings is 1. The standard InChI is InChI=1S/C25H45N4O2PSSi/c1-18(2)28(19(3)4)32(29(20(5)6)21(7)8)27-17-24(34(10,11)12)25(26-27)33(30,31)23-15-13-22(9)14-16-23/h13-21H,1-12H3. The van der Waals surface area contributed by atoms with Crippen LogP contribution in [0.4, 0.5) is 0 Å². The molecule has 0 aliphatic heterocycles. The first-order valence-corrected chi connectivity index (χ1v) is 18.5. The van der Waals surface area contributed by atoms with E-state index in [4.69, 9.17) is 5.10 Å². The molecule has 0 aliphatic carbocycles. The Morgan fingerprint density at radius 1 is 0.824 bits per heavy atom. The fraction of sp³-hybridized carbons (Fsp3) is 0.640. The van der Waals surface area contributed by atoms with E-state index in [9.17, 15) is 8.42 Å². The number of hydrogen-bond acceptors (Lipinski definition) is 5. The van der Waals surface area contributed by atoms with E-state index < -0.39 is 26.3 Å². The van der Waals surface area contributed by atoms with Crippen LogP contribution in [0.15, 0.2) is 40.4 Å². The van der Waals surface area contributed by atoms with Crippen molar-refractivity contribution in [2.24, 2.45) is 0 Å². The third kappa shape index (κ3) is 6.19. The largest absolute Gasteiger partial charge is 0.246 e. The summed E-state index contributed by atoms with van der Waals surface area (Å²) in [5.41, 5.74) is 1.03. The van der Waals surface area contributed by atoms with Crippen LogP contribution >= 0.6 is 8.37 Å². The van der Waals surface area contributed by atoms with Gasteiger partial charge in [0.25, 0.3) is 0 Å². The Labute approximate surface area is 210 Å². The molecule has 0 fully saturated rings. The molecule has 0 N–H and O–H groups in total. The quantitative estimate of drug-likeness (QED) is 0.287. The molecule has 2 aromatic rings. The number of aryl methyl sites for hydroxylation is 1. The van der Waals surface area contributed by atoms with Crippen LogP contribution in [0.5, 0.6) is 0 Å². The van der Waals surface area contributed by atoms with Crippen molar-refractivity contribution in [2.45, 2.75) is 116 Å². The molecule has 0 aliphatic rings. The molecule has 34 heavy (non-hydrogen) atoms. The van der Waals surface area contributed by atoms with Crippen molar-refractivity contribution >= 4 is 31.5 Å². The van der Waals surface area contributed by atoms with Gasteiger partial charge in [0, 0.05) is 30.4 Å². The Hall–Kier alpha value is -1.05. The summed E-state index contributed by atoms with van der Waals surface area (Å²) in [5.74, 6) is 0. The Kier molecular flexibility index (Phi) is 9.37. The molecule has 1 aromatic carbocycles. The minimum atomic E-state index is -3.74. The fourth-order valence-electron chi connectivity index (χ4n) is 4.33. The van der Waals surface area contributed by atoms with Gasteiger partial charge < -0.3 is 0 Å². The number of sulfone groups is 1. The molecule has 192 valence electrons. The van der Waals surface area contributed by atoms with E-state index in [0.717, 1.165) is 10.8 Å². The predicted octanol–water partition coefficient (Wildman–Crippen LogP) is 5.88. The average Bonchev–Trinajstić information content (AvgIpc) is 3.13. The van der Waals surface area contributed by atoms with Gasteiger partial charge in [0.1, 0.15) is 0 Å². The highest BCUT2D eigenvalue weighted by atomic mass is 32.2. The summed E-state index contributed by atoms with van der Waals surface area (Å²) in [6.07, 6.45) is 2.05. The molecule has 0 bridgehead atoms. The first-order chi connectivity index (χ1) is 15.5. The van der Waals surface area contributed by atoms with Crippen molar-refractivity contribution < 1.29 is 8.42 Å². The van der Waals surface area contributed by atoms with E-state index >= 15 is 0 Å². The highest BCUT2D eigenvalue weighted by Gasteiger charge is 2.39. The first-order valence-electron chi connectivity index (χ1n) is 12.3. The predicted molar refractivity (Wildman–Crippen MR) is 148 cm³/mol. The summed E-state index contributed by atoms with van der Waals surface area (Å²) in [4.78, 5) is 0.307. The molecule has 2 rings (SSSR count). The topological polar surface area (TPSA) is 58.4 Å². The number of hydrogen-bond donors (Lipinski definition) is 0. The molecule has 1 heterocycles. The minimum absolute atomic E-state index is 0.225. The maximum Gasteiger partial charge on any atom is 0.225 e. The second kappa shape index (κ2) is 10.9. The first kappa shape index (κ1) is 29.2. The third-order valence-electron chi connectivity index (χ3n) is 5.77. The van der Waals surface area contributed by atoms with Gasteiger partial charge in [0.05, 0.1) is 13.0 Å². The molecule has 6 nitrogen and oxygen atoms in total. The summed E-state index contributed by atoms with van der Waals surface area (Å²) in [6, 6.07) is 8.22. The Morgan fingerprint density at radius 3 is 1.59 bits per heavy atom. The number of nitrogens with zero attached hydrogens (tertiary/aromatic N) is 4. The lowest BCUT2D eigenvalue weighted by atomic mass is 10.2. The van der Waals surface area contributed by atoms with Crippen LogP contribution in [0.1, 0.15) is 61.0 Å². The highest BCUT2D eigenvalue weighted by Crippen LogP contribution is 2.50. The molecule has 0 saturated heterocycles. The van der Waals surface area contributed by atoms with E-state index in [1.54, 1.807) is 12.1 Å². The van der Waals surface area contributed by atoms with Crippen LogP contribution in [0, 0.1) is 6.92 Å². The molecule has 0 radical (unpaired) electrons. The molecule has 0 spiro atoms. The van der Waals surface area contributed by atoms with Crippen LogP contribution in [-0.2, 0) is 9.84 Å². The SMILES string of the molecule is Cc1ccc(S(=O)(=O)c2nn(P(N(C(C)C)C(C)C)N(C(C)C)C(C)C)cc2[Si](C)(C)C)cc1. The Morgan fingerprint density at radius 2 is 1.24 bits per heavy atom. The monoisotopic (exact) mass is 524 g/mol. The molecule has 0 unspecified atom stereocenters. The van der Waals surface area contributed by atoms with E-state index in [2.05, 4.69) is 90.6 Å². The van der Waals surface area contributed by atoms with Gasteiger partial charge in [-0.05, 0) is 79.6 Å². The highest BCUT2D eigenvalue weighted by molar-refractivity contribution is 7.91. The fourth-order valence-corrected chi connectivity index (χ4v) is 11.0. The van der Waals surface area contributed by atoms with Crippen molar-refractivity contribution in [1.29, 1.82) is 0 Å². The third-order valence-corrected chi connectivity index (χ3v) is 12.9. The summed E-state index contributed by atoms with van der Waals surface area (Å²) < 4.78 is 34.7. The Bertz CT molecular complexity index is 1020.